The third kappa shape index (κ3) is 2.61. The first-order chi connectivity index (χ1) is 9.05. The maximum Gasteiger partial charge on any atom is 0.324 e. The van der Waals surface area contributed by atoms with Crippen LogP contribution in [0.5, 0.6) is 0 Å². The highest BCUT2D eigenvalue weighted by molar-refractivity contribution is 5.83. The zero-order chi connectivity index (χ0) is 14.0. The topological polar surface area (TPSA) is 60.9 Å². The van der Waals surface area contributed by atoms with Gasteiger partial charge in [-0.1, -0.05) is 6.92 Å². The van der Waals surface area contributed by atoms with Crippen molar-refractivity contribution in [2.24, 2.45) is 0 Å². The van der Waals surface area contributed by atoms with E-state index in [2.05, 4.69) is 0 Å². The summed E-state index contributed by atoms with van der Waals surface area (Å²) in [5.41, 5.74) is -0.821. The Morgan fingerprint density at radius 2 is 2.05 bits per heavy atom. The highest BCUT2D eigenvalue weighted by Gasteiger charge is 2.47. The number of likely N-dealkylation sites (tertiary alicyclic amines) is 1. The van der Waals surface area contributed by atoms with Gasteiger partial charge in [0.15, 0.2) is 0 Å². The van der Waals surface area contributed by atoms with Crippen LogP contribution in [0.25, 0.3) is 0 Å². The van der Waals surface area contributed by atoms with Crippen molar-refractivity contribution < 1.29 is 14.7 Å². The fourth-order valence-electron chi connectivity index (χ4n) is 3.24. The van der Waals surface area contributed by atoms with Gasteiger partial charge in [-0.15, -0.1) is 0 Å². The van der Waals surface area contributed by atoms with Crippen LogP contribution in [0.3, 0.4) is 0 Å². The van der Waals surface area contributed by atoms with E-state index in [9.17, 15) is 14.7 Å². The number of amides is 1. The van der Waals surface area contributed by atoms with Gasteiger partial charge in [0.25, 0.3) is 0 Å². The van der Waals surface area contributed by atoms with Crippen molar-refractivity contribution in [3.8, 4) is 0 Å². The molecule has 1 saturated heterocycles. The molecule has 1 aliphatic carbocycles. The first-order valence-corrected chi connectivity index (χ1v) is 7.33. The van der Waals surface area contributed by atoms with E-state index in [1.54, 1.807) is 0 Å². The summed E-state index contributed by atoms with van der Waals surface area (Å²) in [5, 5.41) is 9.50. The number of hydrogen-bond acceptors (Lipinski definition) is 3. The second-order valence-electron chi connectivity index (χ2n) is 5.63. The molecule has 2 aliphatic rings. The molecule has 1 atom stereocenters. The number of carboxylic acids is 1. The van der Waals surface area contributed by atoms with E-state index in [-0.39, 0.29) is 12.5 Å². The number of rotatable bonds is 6. The Hall–Kier alpha value is -1.10. The first kappa shape index (κ1) is 14.3. The maximum absolute atomic E-state index is 12.3. The van der Waals surface area contributed by atoms with Gasteiger partial charge in [-0.3, -0.25) is 14.5 Å². The Labute approximate surface area is 114 Å². The Morgan fingerprint density at radius 1 is 1.37 bits per heavy atom. The minimum Gasteiger partial charge on any atom is -0.480 e. The molecular weight excluding hydrogens is 244 g/mol. The number of carboxylic acid groups (broad SMARTS) is 1. The molecule has 0 bridgehead atoms. The molecule has 0 radical (unpaired) electrons. The van der Waals surface area contributed by atoms with Crippen LogP contribution in [0.1, 0.15) is 46.0 Å². The van der Waals surface area contributed by atoms with E-state index in [0.29, 0.717) is 25.4 Å². The van der Waals surface area contributed by atoms with Crippen molar-refractivity contribution in [2.45, 2.75) is 57.5 Å². The quantitative estimate of drug-likeness (QED) is 0.789. The lowest BCUT2D eigenvalue weighted by atomic mass is 9.93. The summed E-state index contributed by atoms with van der Waals surface area (Å²) < 4.78 is 0. The van der Waals surface area contributed by atoms with E-state index in [4.69, 9.17) is 0 Å². The monoisotopic (exact) mass is 268 g/mol. The molecule has 1 amide bonds. The zero-order valence-corrected chi connectivity index (χ0v) is 11.9. The largest absolute Gasteiger partial charge is 0.480 e. The summed E-state index contributed by atoms with van der Waals surface area (Å²) in [6.45, 7) is 5.59. The molecule has 1 saturated carbocycles. The highest BCUT2D eigenvalue weighted by Crippen LogP contribution is 2.33. The fraction of sp³-hybridized carbons (Fsp3) is 0.857. The lowest BCUT2D eigenvalue weighted by Gasteiger charge is -2.34. The Kier molecular flexibility index (Phi) is 4.13. The highest BCUT2D eigenvalue weighted by atomic mass is 16.4. The number of carbonyl (C=O) groups excluding carboxylic acids is 1. The van der Waals surface area contributed by atoms with Gasteiger partial charge in [0.2, 0.25) is 5.91 Å². The van der Waals surface area contributed by atoms with Crippen LogP contribution in [0.15, 0.2) is 0 Å². The predicted molar refractivity (Wildman–Crippen MR) is 71.9 cm³/mol. The van der Waals surface area contributed by atoms with Gasteiger partial charge >= 0.3 is 5.97 Å². The van der Waals surface area contributed by atoms with Gasteiger partial charge in [0.05, 0.1) is 6.54 Å². The van der Waals surface area contributed by atoms with Crippen molar-refractivity contribution >= 4 is 11.9 Å². The summed E-state index contributed by atoms with van der Waals surface area (Å²) in [6.07, 6.45) is 4.27. The van der Waals surface area contributed by atoms with Crippen LogP contribution in [-0.2, 0) is 9.59 Å². The van der Waals surface area contributed by atoms with Crippen LogP contribution in [-0.4, -0.2) is 58.0 Å². The molecule has 1 heterocycles. The van der Waals surface area contributed by atoms with E-state index >= 15 is 0 Å². The Morgan fingerprint density at radius 3 is 2.53 bits per heavy atom. The second-order valence-corrected chi connectivity index (χ2v) is 5.63. The number of hydrogen-bond donors (Lipinski definition) is 1. The summed E-state index contributed by atoms with van der Waals surface area (Å²) in [4.78, 5) is 27.7. The van der Waals surface area contributed by atoms with Crippen LogP contribution in [0, 0.1) is 0 Å². The van der Waals surface area contributed by atoms with Crippen molar-refractivity contribution in [3.63, 3.8) is 0 Å². The molecule has 19 heavy (non-hydrogen) atoms. The lowest BCUT2D eigenvalue weighted by molar-refractivity contribution is -0.151. The van der Waals surface area contributed by atoms with Gasteiger partial charge in [-0.2, -0.15) is 0 Å². The Bertz CT molecular complexity index is 368. The van der Waals surface area contributed by atoms with Crippen LogP contribution >= 0.6 is 0 Å². The third-order valence-electron chi connectivity index (χ3n) is 4.58. The molecule has 5 heteroatoms. The molecule has 0 spiro atoms. The number of aliphatic carboxylic acids is 1. The van der Waals surface area contributed by atoms with Crippen LogP contribution in [0.2, 0.25) is 0 Å². The fourth-order valence-corrected chi connectivity index (χ4v) is 3.24. The molecule has 1 N–H and O–H groups in total. The summed E-state index contributed by atoms with van der Waals surface area (Å²) in [5.74, 6) is -0.694. The lowest BCUT2D eigenvalue weighted by Crippen LogP contribution is -2.53. The van der Waals surface area contributed by atoms with Gasteiger partial charge in [-0.25, -0.2) is 0 Å². The number of nitrogens with zero attached hydrogens (tertiary/aromatic N) is 2. The SMILES string of the molecule is CCN(C(=O)CN1CCCC1(CC)C(=O)O)C1CC1. The van der Waals surface area contributed by atoms with Gasteiger partial charge in [-0.05, 0) is 45.6 Å². The molecule has 0 aromatic rings. The van der Waals surface area contributed by atoms with Gasteiger partial charge in [0.1, 0.15) is 5.54 Å². The summed E-state index contributed by atoms with van der Waals surface area (Å²) >= 11 is 0. The first-order valence-electron chi connectivity index (χ1n) is 7.33. The van der Waals surface area contributed by atoms with E-state index in [0.717, 1.165) is 25.8 Å². The molecule has 5 nitrogen and oxygen atoms in total. The van der Waals surface area contributed by atoms with Crippen molar-refractivity contribution in [1.82, 2.24) is 9.80 Å². The average Bonchev–Trinajstić information content (AvgIpc) is 3.11. The molecule has 1 aliphatic heterocycles. The molecule has 1 unspecified atom stereocenters. The second kappa shape index (κ2) is 5.49. The third-order valence-corrected chi connectivity index (χ3v) is 4.58. The molecule has 0 aromatic heterocycles. The standard InChI is InChI=1S/C14H24N2O3/c1-3-14(13(18)19)8-5-9-15(14)10-12(17)16(4-2)11-6-7-11/h11H,3-10H2,1-2H3,(H,18,19). The average molecular weight is 268 g/mol. The smallest absolute Gasteiger partial charge is 0.324 e. The van der Waals surface area contributed by atoms with E-state index < -0.39 is 11.5 Å². The normalized spacial score (nSPS) is 27.5. The minimum atomic E-state index is -0.821. The Balaban J connectivity index is 2.04. The number of likely N-dealkylation sites (N-methyl/N-ethyl adjacent to an activating group) is 1. The molecule has 0 aromatic carbocycles. The van der Waals surface area contributed by atoms with Crippen LogP contribution < -0.4 is 0 Å². The molecular formula is C14H24N2O3. The van der Waals surface area contributed by atoms with Crippen molar-refractivity contribution in [1.29, 1.82) is 0 Å². The molecule has 108 valence electrons. The molecule has 2 rings (SSSR count). The van der Waals surface area contributed by atoms with E-state index in [1.807, 2.05) is 23.6 Å². The molecule has 2 fully saturated rings. The zero-order valence-electron chi connectivity index (χ0n) is 11.9. The van der Waals surface area contributed by atoms with Crippen molar-refractivity contribution in [2.75, 3.05) is 19.6 Å². The van der Waals surface area contributed by atoms with E-state index in [1.165, 1.54) is 0 Å². The van der Waals surface area contributed by atoms with Crippen molar-refractivity contribution in [3.05, 3.63) is 0 Å². The van der Waals surface area contributed by atoms with Gasteiger partial charge in [0, 0.05) is 12.6 Å². The predicted octanol–water partition coefficient (Wildman–Crippen LogP) is 1.33. The summed E-state index contributed by atoms with van der Waals surface area (Å²) in [6, 6.07) is 0.404. The van der Waals surface area contributed by atoms with Crippen LogP contribution in [0.4, 0.5) is 0 Å². The van der Waals surface area contributed by atoms with Gasteiger partial charge < -0.3 is 10.0 Å². The summed E-state index contributed by atoms with van der Waals surface area (Å²) in [7, 11) is 0. The maximum atomic E-state index is 12.3. The number of carbonyl (C=O) groups is 2. The minimum absolute atomic E-state index is 0.0889.